The van der Waals surface area contributed by atoms with E-state index in [-0.39, 0.29) is 11.3 Å². The molecule has 0 aliphatic carbocycles. The van der Waals surface area contributed by atoms with Crippen LogP contribution >= 0.6 is 0 Å². The molecule has 2 rings (SSSR count). The van der Waals surface area contributed by atoms with E-state index in [0.717, 1.165) is 0 Å². The zero-order valence-corrected chi connectivity index (χ0v) is 12.4. The summed E-state index contributed by atoms with van der Waals surface area (Å²) in [4.78, 5) is 38.3. The van der Waals surface area contributed by atoms with E-state index in [9.17, 15) is 14.4 Å². The first-order valence-electron chi connectivity index (χ1n) is 6.45. The quantitative estimate of drug-likeness (QED) is 0.670. The minimum Gasteiger partial charge on any atom is -0.472 e. The van der Waals surface area contributed by atoms with Crippen molar-refractivity contribution in [3.63, 3.8) is 0 Å². The number of ketones is 1. The lowest BCUT2D eigenvalue weighted by Crippen LogP contribution is -2.15. The molecule has 2 heterocycles. The third kappa shape index (κ3) is 2.93. The second-order valence-electron chi connectivity index (χ2n) is 4.63. The topological polar surface area (TPSA) is 98.6 Å². The fourth-order valence-electron chi connectivity index (χ4n) is 2.10. The molecule has 2 aromatic rings. The summed E-state index contributed by atoms with van der Waals surface area (Å²) in [6.07, 6.45) is 2.56. The van der Waals surface area contributed by atoms with Crippen LogP contribution in [0.3, 0.4) is 0 Å². The molecule has 0 fully saturated rings. The smallest absolute Gasteiger partial charge is 0.341 e. The van der Waals surface area contributed by atoms with Gasteiger partial charge in [0, 0.05) is 5.69 Å². The predicted octanol–water partition coefficient (Wildman–Crippen LogP) is 2.05. The van der Waals surface area contributed by atoms with Crippen molar-refractivity contribution in [1.82, 2.24) is 4.98 Å². The first kappa shape index (κ1) is 15.6. The Morgan fingerprint density at radius 3 is 2.55 bits per heavy atom. The van der Waals surface area contributed by atoms with E-state index in [0.29, 0.717) is 16.8 Å². The number of rotatable bonds is 5. The van der Waals surface area contributed by atoms with Gasteiger partial charge in [0.25, 0.3) is 0 Å². The van der Waals surface area contributed by atoms with Gasteiger partial charge in [-0.1, -0.05) is 0 Å². The van der Waals surface area contributed by atoms with Crippen LogP contribution in [0.25, 0.3) is 0 Å². The van der Waals surface area contributed by atoms with Crippen molar-refractivity contribution in [2.45, 2.75) is 13.8 Å². The molecule has 0 radical (unpaired) electrons. The lowest BCUT2D eigenvalue weighted by Gasteiger charge is -2.03. The Kier molecular flexibility index (Phi) is 4.45. The highest BCUT2D eigenvalue weighted by Crippen LogP contribution is 2.19. The number of aryl methyl sites for hydroxylation is 1. The lowest BCUT2D eigenvalue weighted by atomic mass is 10.1. The second-order valence-corrected chi connectivity index (χ2v) is 4.63. The van der Waals surface area contributed by atoms with E-state index >= 15 is 0 Å². The van der Waals surface area contributed by atoms with Crippen molar-refractivity contribution in [2.24, 2.45) is 0 Å². The van der Waals surface area contributed by atoms with Crippen LogP contribution in [-0.2, 0) is 9.47 Å². The highest BCUT2D eigenvalue weighted by atomic mass is 16.5. The third-order valence-corrected chi connectivity index (χ3v) is 3.20. The highest BCUT2D eigenvalue weighted by Gasteiger charge is 2.23. The zero-order chi connectivity index (χ0) is 16.3. The number of carbonyl (C=O) groups is 3. The Morgan fingerprint density at radius 1 is 1.23 bits per heavy atom. The fraction of sp³-hybridized carbons (Fsp3) is 0.267. The monoisotopic (exact) mass is 305 g/mol. The van der Waals surface area contributed by atoms with Gasteiger partial charge in [-0.25, -0.2) is 9.59 Å². The number of hydrogen-bond acceptors (Lipinski definition) is 6. The van der Waals surface area contributed by atoms with E-state index < -0.39 is 24.3 Å². The van der Waals surface area contributed by atoms with Crippen LogP contribution in [0.1, 0.15) is 42.5 Å². The third-order valence-electron chi connectivity index (χ3n) is 3.20. The van der Waals surface area contributed by atoms with Crippen molar-refractivity contribution < 1.29 is 28.3 Å². The summed E-state index contributed by atoms with van der Waals surface area (Å²) in [6.45, 7) is 2.85. The average molecular weight is 305 g/mol. The minimum atomic E-state index is -0.656. The molecule has 0 saturated carbocycles. The van der Waals surface area contributed by atoms with Crippen molar-refractivity contribution >= 4 is 17.7 Å². The zero-order valence-electron chi connectivity index (χ0n) is 12.4. The second kappa shape index (κ2) is 6.30. The van der Waals surface area contributed by atoms with Crippen LogP contribution in [-0.4, -0.2) is 36.4 Å². The number of nitrogens with one attached hydrogen (secondary N) is 1. The molecular formula is C15H15NO6. The number of H-pyrrole nitrogens is 1. The molecule has 1 N–H and O–H groups in total. The SMILES string of the molecule is COC(=O)c1c(C)[nH]c(C(=O)COC(=O)c2ccoc2)c1C. The molecule has 116 valence electrons. The summed E-state index contributed by atoms with van der Waals surface area (Å²) >= 11 is 0. The Hall–Kier alpha value is -2.83. The number of aromatic nitrogens is 1. The summed E-state index contributed by atoms with van der Waals surface area (Å²) in [5.41, 5.74) is 1.75. The Balaban J connectivity index is 2.10. The van der Waals surface area contributed by atoms with E-state index in [1.807, 2.05) is 0 Å². The van der Waals surface area contributed by atoms with E-state index in [1.165, 1.54) is 25.7 Å². The largest absolute Gasteiger partial charge is 0.472 e. The van der Waals surface area contributed by atoms with Crippen molar-refractivity contribution in [1.29, 1.82) is 0 Å². The summed E-state index contributed by atoms with van der Waals surface area (Å²) in [5.74, 6) is -1.62. The maximum Gasteiger partial charge on any atom is 0.341 e. The molecule has 0 saturated heterocycles. The van der Waals surface area contributed by atoms with E-state index in [2.05, 4.69) is 9.72 Å². The molecule has 7 nitrogen and oxygen atoms in total. The van der Waals surface area contributed by atoms with Gasteiger partial charge in [-0.15, -0.1) is 0 Å². The molecular weight excluding hydrogens is 290 g/mol. The summed E-state index contributed by atoms with van der Waals surface area (Å²) in [6, 6.07) is 1.44. The van der Waals surface area contributed by atoms with Gasteiger partial charge in [0.1, 0.15) is 6.26 Å². The van der Waals surface area contributed by atoms with Crippen molar-refractivity contribution in [3.8, 4) is 0 Å². The molecule has 2 aromatic heterocycles. The lowest BCUT2D eigenvalue weighted by molar-refractivity contribution is 0.0472. The van der Waals surface area contributed by atoms with Crippen LogP contribution in [0.15, 0.2) is 23.0 Å². The number of Topliss-reactive ketones (excluding diaryl/α,β-unsaturated/α-hetero) is 1. The molecule has 0 bridgehead atoms. The molecule has 0 aromatic carbocycles. The van der Waals surface area contributed by atoms with Gasteiger partial charge in [0.05, 0.1) is 30.2 Å². The molecule has 22 heavy (non-hydrogen) atoms. The maximum absolute atomic E-state index is 12.1. The van der Waals surface area contributed by atoms with Crippen LogP contribution in [0.5, 0.6) is 0 Å². The number of aromatic amines is 1. The van der Waals surface area contributed by atoms with Crippen molar-refractivity contribution in [2.75, 3.05) is 13.7 Å². The van der Waals surface area contributed by atoms with Gasteiger partial charge in [-0.05, 0) is 25.5 Å². The van der Waals surface area contributed by atoms with Crippen molar-refractivity contribution in [3.05, 3.63) is 46.7 Å². The fourth-order valence-corrected chi connectivity index (χ4v) is 2.10. The first-order valence-corrected chi connectivity index (χ1v) is 6.45. The summed E-state index contributed by atoms with van der Waals surface area (Å²) in [5, 5.41) is 0. The molecule has 0 atom stereocenters. The normalized spacial score (nSPS) is 10.3. The number of carbonyl (C=O) groups excluding carboxylic acids is 3. The standard InChI is InChI=1S/C15H15NO6/c1-8-12(15(19)20-3)9(2)16-13(8)11(17)7-22-14(18)10-4-5-21-6-10/h4-6,16H,7H2,1-3H3. The molecule has 0 aliphatic rings. The predicted molar refractivity (Wildman–Crippen MR) is 74.9 cm³/mol. The van der Waals surface area contributed by atoms with Gasteiger partial charge < -0.3 is 18.9 Å². The van der Waals surface area contributed by atoms with Crippen LogP contribution in [0.2, 0.25) is 0 Å². The van der Waals surface area contributed by atoms with Gasteiger partial charge in [-0.3, -0.25) is 4.79 Å². The van der Waals surface area contributed by atoms with Crippen LogP contribution in [0, 0.1) is 13.8 Å². The van der Waals surface area contributed by atoms with Gasteiger partial charge in [0.2, 0.25) is 5.78 Å². The number of esters is 2. The molecule has 7 heteroatoms. The average Bonchev–Trinajstić information content (AvgIpc) is 3.12. The van der Waals surface area contributed by atoms with Crippen LogP contribution in [0.4, 0.5) is 0 Å². The van der Waals surface area contributed by atoms with Gasteiger partial charge in [0.15, 0.2) is 6.61 Å². The van der Waals surface area contributed by atoms with E-state index in [1.54, 1.807) is 13.8 Å². The number of methoxy groups -OCH3 is 1. The maximum atomic E-state index is 12.1. The number of hydrogen-bond donors (Lipinski definition) is 1. The molecule has 0 spiro atoms. The summed E-state index contributed by atoms with van der Waals surface area (Å²) < 4.78 is 14.3. The Morgan fingerprint density at radius 2 is 1.95 bits per heavy atom. The summed E-state index contributed by atoms with van der Waals surface area (Å²) in [7, 11) is 1.27. The Bertz CT molecular complexity index is 711. The molecule has 0 unspecified atom stereocenters. The molecule has 0 amide bonds. The molecule has 0 aliphatic heterocycles. The van der Waals surface area contributed by atoms with Crippen LogP contribution < -0.4 is 0 Å². The number of furan rings is 1. The van der Waals surface area contributed by atoms with E-state index in [4.69, 9.17) is 9.15 Å². The first-order chi connectivity index (χ1) is 10.5. The highest BCUT2D eigenvalue weighted by molar-refractivity contribution is 6.03. The number of ether oxygens (including phenoxy) is 2. The minimum absolute atomic E-state index is 0.220. The van der Waals surface area contributed by atoms with Gasteiger partial charge in [-0.2, -0.15) is 0 Å². The van der Waals surface area contributed by atoms with Gasteiger partial charge >= 0.3 is 11.9 Å². The Labute approximate surface area is 126 Å².